The van der Waals surface area contributed by atoms with Crippen LogP contribution in [0.3, 0.4) is 0 Å². The average molecular weight is 385 g/mol. The molecule has 2 aromatic rings. The van der Waals surface area contributed by atoms with E-state index in [9.17, 15) is 9.59 Å². The molecule has 3 N–H and O–H groups in total. The molecule has 27 heavy (non-hydrogen) atoms. The van der Waals surface area contributed by atoms with Crippen molar-refractivity contribution in [3.05, 3.63) is 65.7 Å². The van der Waals surface area contributed by atoms with E-state index in [1.165, 1.54) is 0 Å². The van der Waals surface area contributed by atoms with E-state index in [1.807, 2.05) is 37.3 Å². The number of nitrogens with zero attached hydrogens (tertiary/aromatic N) is 1. The Morgan fingerprint density at radius 3 is 2.44 bits per heavy atom. The Morgan fingerprint density at radius 1 is 1.11 bits per heavy atom. The Labute approximate surface area is 164 Å². The van der Waals surface area contributed by atoms with Crippen molar-refractivity contribution in [1.82, 2.24) is 10.2 Å². The van der Waals surface area contributed by atoms with Crippen LogP contribution in [0.4, 0.5) is 0 Å². The summed E-state index contributed by atoms with van der Waals surface area (Å²) in [6.45, 7) is 3.08. The Balaban J connectivity index is 2.12. The van der Waals surface area contributed by atoms with Crippen molar-refractivity contribution >= 4 is 29.1 Å². The third-order valence-corrected chi connectivity index (χ3v) is 4.14. The highest BCUT2D eigenvalue weighted by Crippen LogP contribution is 2.18. The molecule has 6 nitrogen and oxygen atoms in total. The first-order valence-corrected chi connectivity index (χ1v) is 9.06. The van der Waals surface area contributed by atoms with Crippen LogP contribution in [0.5, 0.6) is 5.75 Å². The second kappa shape index (κ2) is 10.3. The molecule has 0 saturated carbocycles. The lowest BCUT2D eigenvalue weighted by atomic mass is 10.2. The number of amides is 2. The van der Waals surface area contributed by atoms with Crippen LogP contribution in [0.15, 0.2) is 54.6 Å². The number of rotatable bonds is 8. The predicted molar refractivity (Wildman–Crippen MR) is 108 cm³/mol. The SMILES string of the molecule is CCOc1ccccc1C(=O)NC(=S)N(CCC(N)=O)Cc1ccccc1. The molecule has 0 fully saturated rings. The maximum absolute atomic E-state index is 12.6. The van der Waals surface area contributed by atoms with E-state index in [2.05, 4.69) is 5.32 Å². The van der Waals surface area contributed by atoms with E-state index in [0.29, 0.717) is 31.0 Å². The molecule has 0 heterocycles. The Hall–Kier alpha value is -2.93. The molecule has 2 amide bonds. The second-order valence-electron chi connectivity index (χ2n) is 5.81. The van der Waals surface area contributed by atoms with Crippen LogP contribution in [0.2, 0.25) is 0 Å². The number of nitrogens with one attached hydrogen (secondary N) is 1. The number of benzene rings is 2. The summed E-state index contributed by atoms with van der Waals surface area (Å²) in [5.41, 5.74) is 6.67. The standard InChI is InChI=1S/C20H23N3O3S/c1-2-26-17-11-7-6-10-16(17)19(25)22-20(27)23(13-12-18(21)24)14-15-8-4-3-5-9-15/h3-11H,2,12-14H2,1H3,(H2,21,24)(H,22,25,27). The molecule has 2 aromatic carbocycles. The van der Waals surface area contributed by atoms with Gasteiger partial charge in [-0.05, 0) is 36.8 Å². The fourth-order valence-electron chi connectivity index (χ4n) is 2.48. The molecule has 0 aromatic heterocycles. The van der Waals surface area contributed by atoms with Gasteiger partial charge in [0.15, 0.2) is 5.11 Å². The quantitative estimate of drug-likeness (QED) is 0.682. The summed E-state index contributed by atoms with van der Waals surface area (Å²) in [5.74, 6) is -0.294. The van der Waals surface area contributed by atoms with Crippen molar-refractivity contribution in [2.45, 2.75) is 19.9 Å². The molecule has 0 spiro atoms. The van der Waals surface area contributed by atoms with Crippen LogP contribution in [0.25, 0.3) is 0 Å². The fraction of sp³-hybridized carbons (Fsp3) is 0.250. The molecule has 0 atom stereocenters. The van der Waals surface area contributed by atoms with Crippen molar-refractivity contribution in [3.8, 4) is 5.75 Å². The molecular formula is C20H23N3O3S. The molecule has 0 saturated heterocycles. The third kappa shape index (κ3) is 6.38. The number of carbonyl (C=O) groups is 2. The van der Waals surface area contributed by atoms with Gasteiger partial charge in [-0.1, -0.05) is 42.5 Å². The van der Waals surface area contributed by atoms with Crippen LogP contribution >= 0.6 is 12.2 Å². The van der Waals surface area contributed by atoms with Crippen molar-refractivity contribution < 1.29 is 14.3 Å². The topological polar surface area (TPSA) is 84.7 Å². The minimum atomic E-state index is -0.427. The zero-order valence-electron chi connectivity index (χ0n) is 15.2. The molecule has 0 aliphatic heterocycles. The van der Waals surface area contributed by atoms with E-state index in [0.717, 1.165) is 5.56 Å². The number of para-hydroxylation sites is 1. The van der Waals surface area contributed by atoms with Gasteiger partial charge in [-0.15, -0.1) is 0 Å². The first-order chi connectivity index (χ1) is 13.0. The van der Waals surface area contributed by atoms with Crippen LogP contribution in [-0.4, -0.2) is 35.0 Å². The number of primary amides is 1. The van der Waals surface area contributed by atoms with Gasteiger partial charge in [-0.3, -0.25) is 14.9 Å². The number of ether oxygens (including phenoxy) is 1. The Morgan fingerprint density at radius 2 is 1.78 bits per heavy atom. The van der Waals surface area contributed by atoms with Crippen molar-refractivity contribution in [1.29, 1.82) is 0 Å². The summed E-state index contributed by atoms with van der Waals surface area (Å²) in [4.78, 5) is 25.6. The summed E-state index contributed by atoms with van der Waals surface area (Å²) in [5, 5.41) is 2.96. The van der Waals surface area contributed by atoms with Crippen molar-refractivity contribution in [2.24, 2.45) is 5.73 Å². The fourth-order valence-corrected chi connectivity index (χ4v) is 2.73. The molecular weight excluding hydrogens is 362 g/mol. The first kappa shape index (κ1) is 20.4. The van der Waals surface area contributed by atoms with Gasteiger partial charge >= 0.3 is 0 Å². The third-order valence-electron chi connectivity index (χ3n) is 3.78. The molecule has 2 rings (SSSR count). The van der Waals surface area contributed by atoms with Gasteiger partial charge in [0, 0.05) is 19.5 Å². The van der Waals surface area contributed by atoms with Crippen LogP contribution < -0.4 is 15.8 Å². The number of hydrogen-bond donors (Lipinski definition) is 2. The maximum Gasteiger partial charge on any atom is 0.261 e. The van der Waals surface area contributed by atoms with E-state index >= 15 is 0 Å². The summed E-state index contributed by atoms with van der Waals surface area (Å²) in [7, 11) is 0. The smallest absolute Gasteiger partial charge is 0.261 e. The zero-order chi connectivity index (χ0) is 19.6. The number of nitrogens with two attached hydrogens (primary N) is 1. The summed E-state index contributed by atoms with van der Waals surface area (Å²) >= 11 is 5.41. The normalized spacial score (nSPS) is 10.1. The molecule has 142 valence electrons. The molecule has 0 bridgehead atoms. The molecule has 0 unspecified atom stereocenters. The van der Waals surface area contributed by atoms with Crippen LogP contribution in [-0.2, 0) is 11.3 Å². The first-order valence-electron chi connectivity index (χ1n) is 8.65. The molecule has 0 radical (unpaired) electrons. The monoisotopic (exact) mass is 385 g/mol. The molecule has 7 heteroatoms. The lowest BCUT2D eigenvalue weighted by molar-refractivity contribution is -0.118. The van der Waals surface area contributed by atoms with E-state index in [-0.39, 0.29) is 17.4 Å². The average Bonchev–Trinajstić information content (AvgIpc) is 2.66. The lowest BCUT2D eigenvalue weighted by Gasteiger charge is -2.25. The van der Waals surface area contributed by atoms with Gasteiger partial charge in [0.05, 0.1) is 12.2 Å². The van der Waals surface area contributed by atoms with Gasteiger partial charge in [0.1, 0.15) is 5.75 Å². The van der Waals surface area contributed by atoms with Crippen LogP contribution in [0, 0.1) is 0 Å². The highest BCUT2D eigenvalue weighted by molar-refractivity contribution is 7.80. The molecule has 0 aliphatic carbocycles. The largest absolute Gasteiger partial charge is 0.493 e. The maximum atomic E-state index is 12.6. The van der Waals surface area contributed by atoms with Crippen LogP contribution in [0.1, 0.15) is 29.3 Å². The van der Waals surface area contributed by atoms with Crippen molar-refractivity contribution in [2.75, 3.05) is 13.2 Å². The predicted octanol–water partition coefficient (Wildman–Crippen LogP) is 2.48. The highest BCUT2D eigenvalue weighted by atomic mass is 32.1. The van der Waals surface area contributed by atoms with Gasteiger partial charge < -0.3 is 15.4 Å². The zero-order valence-corrected chi connectivity index (χ0v) is 16.0. The Bertz CT molecular complexity index is 796. The minimum absolute atomic E-state index is 0.137. The number of carbonyl (C=O) groups excluding carboxylic acids is 2. The second-order valence-corrected chi connectivity index (χ2v) is 6.20. The van der Waals surface area contributed by atoms with Gasteiger partial charge in [-0.2, -0.15) is 0 Å². The number of thiocarbonyl (C=S) groups is 1. The van der Waals surface area contributed by atoms with Gasteiger partial charge in [-0.25, -0.2) is 0 Å². The minimum Gasteiger partial charge on any atom is -0.493 e. The van der Waals surface area contributed by atoms with E-state index < -0.39 is 5.91 Å². The van der Waals surface area contributed by atoms with Crippen molar-refractivity contribution in [3.63, 3.8) is 0 Å². The summed E-state index contributed by atoms with van der Waals surface area (Å²) < 4.78 is 5.50. The van der Waals surface area contributed by atoms with E-state index in [4.69, 9.17) is 22.7 Å². The number of hydrogen-bond acceptors (Lipinski definition) is 4. The van der Waals surface area contributed by atoms with Gasteiger partial charge in [0.25, 0.3) is 5.91 Å². The molecule has 0 aliphatic rings. The summed E-state index contributed by atoms with van der Waals surface area (Å²) in [6.07, 6.45) is 0.137. The summed E-state index contributed by atoms with van der Waals surface area (Å²) in [6, 6.07) is 16.6. The lowest BCUT2D eigenvalue weighted by Crippen LogP contribution is -2.43. The van der Waals surface area contributed by atoms with Gasteiger partial charge in [0.2, 0.25) is 5.91 Å². The Kier molecular flexibility index (Phi) is 7.76. The van der Waals surface area contributed by atoms with E-state index in [1.54, 1.807) is 29.2 Å². The highest BCUT2D eigenvalue weighted by Gasteiger charge is 2.17.